The summed E-state index contributed by atoms with van der Waals surface area (Å²) in [4.78, 5) is 20.6. The number of hydrogen-bond acceptors (Lipinski definition) is 6. The number of benzene rings is 2. The highest BCUT2D eigenvalue weighted by Crippen LogP contribution is 2.35. The van der Waals surface area contributed by atoms with E-state index in [2.05, 4.69) is 22.6 Å². The lowest BCUT2D eigenvalue weighted by Crippen LogP contribution is -2.33. The van der Waals surface area contributed by atoms with Crippen LogP contribution in [0.15, 0.2) is 35.2 Å². The van der Waals surface area contributed by atoms with Crippen molar-refractivity contribution in [3.8, 4) is 11.3 Å². The van der Waals surface area contributed by atoms with E-state index in [1.165, 1.54) is 18.2 Å². The Hall–Kier alpha value is -2.75. The third-order valence-corrected chi connectivity index (χ3v) is 6.23. The maximum atomic E-state index is 12.0. The fourth-order valence-corrected chi connectivity index (χ4v) is 4.75. The molecule has 28 heavy (non-hydrogen) atoms. The van der Waals surface area contributed by atoms with Gasteiger partial charge in [0, 0.05) is 10.8 Å². The van der Waals surface area contributed by atoms with Gasteiger partial charge in [0.05, 0.1) is 32.9 Å². The van der Waals surface area contributed by atoms with Gasteiger partial charge in [-0.2, -0.15) is 12.6 Å². The van der Waals surface area contributed by atoms with Crippen molar-refractivity contribution in [2.24, 2.45) is 5.14 Å². The Bertz CT molecular complexity index is 1460. The lowest BCUT2D eigenvalue weighted by molar-refractivity contribution is 0.0697. The molecule has 0 spiro atoms. The molecule has 0 saturated heterocycles. The van der Waals surface area contributed by atoms with Gasteiger partial charge in [-0.05, 0) is 52.8 Å². The maximum Gasteiger partial charge on any atom is 0.335 e. The van der Waals surface area contributed by atoms with Gasteiger partial charge < -0.3 is 5.11 Å². The zero-order chi connectivity index (χ0) is 19.8. The predicted octanol–water partition coefficient (Wildman–Crippen LogP) is 0.637. The second-order valence-electron chi connectivity index (χ2n) is 6.83. The van der Waals surface area contributed by atoms with Gasteiger partial charge in [-0.25, -0.2) is 28.3 Å². The third-order valence-electron chi connectivity index (χ3n) is 5.01. The molecule has 0 fully saturated rings. The number of nitrogens with zero attached hydrogens (tertiary/aromatic N) is 2. The molecule has 3 aromatic rings. The lowest BCUT2D eigenvalue weighted by Gasteiger charge is -2.13. The van der Waals surface area contributed by atoms with Crippen LogP contribution in [0.25, 0.3) is 33.9 Å². The summed E-state index contributed by atoms with van der Waals surface area (Å²) in [5.74, 6) is -1.04. The minimum atomic E-state index is -3.90. The first-order valence-corrected chi connectivity index (χ1v) is 10.4. The van der Waals surface area contributed by atoms with E-state index in [4.69, 9.17) is 5.14 Å². The molecule has 0 aliphatic heterocycles. The van der Waals surface area contributed by atoms with E-state index in [1.54, 1.807) is 12.1 Å². The number of carboxylic acid groups (broad SMARTS) is 1. The summed E-state index contributed by atoms with van der Waals surface area (Å²) in [7, 11) is -3.90. The number of aromatic nitrogens is 2. The smallest absolute Gasteiger partial charge is 0.335 e. The normalized spacial score (nSPS) is 17.2. The van der Waals surface area contributed by atoms with Crippen LogP contribution in [0.3, 0.4) is 0 Å². The summed E-state index contributed by atoms with van der Waals surface area (Å²) in [5, 5.41) is 16.1. The number of nitrogens with two attached hydrogens (primary N) is 1. The largest absolute Gasteiger partial charge is 0.478 e. The molecular formula is C19H13N3O4S2. The summed E-state index contributed by atoms with van der Waals surface area (Å²) in [6.45, 7) is 0. The Morgan fingerprint density at radius 1 is 1.14 bits per heavy atom. The Morgan fingerprint density at radius 3 is 2.61 bits per heavy atom. The molecule has 3 N–H and O–H groups in total. The van der Waals surface area contributed by atoms with Crippen LogP contribution in [-0.4, -0.2) is 34.7 Å². The van der Waals surface area contributed by atoms with Crippen LogP contribution in [0, 0.1) is 0 Å². The van der Waals surface area contributed by atoms with E-state index in [0.29, 0.717) is 34.4 Å². The number of rotatable bonds is 2. The van der Waals surface area contributed by atoms with Gasteiger partial charge in [0.2, 0.25) is 10.0 Å². The van der Waals surface area contributed by atoms with Crippen LogP contribution < -0.4 is 15.6 Å². The average molecular weight is 411 g/mol. The van der Waals surface area contributed by atoms with Crippen molar-refractivity contribution in [1.29, 1.82) is 0 Å². The average Bonchev–Trinajstić information content (AvgIpc) is 2.92. The molecule has 5 rings (SSSR count). The van der Waals surface area contributed by atoms with Gasteiger partial charge >= 0.3 is 5.97 Å². The van der Waals surface area contributed by atoms with Crippen molar-refractivity contribution in [3.63, 3.8) is 0 Å². The fourth-order valence-electron chi connectivity index (χ4n) is 3.83. The number of primary sulfonamides is 1. The van der Waals surface area contributed by atoms with Gasteiger partial charge in [-0.15, -0.1) is 0 Å². The third kappa shape index (κ3) is 2.47. The number of carbonyl (C=O) groups is 1. The molecule has 1 unspecified atom stereocenters. The Labute approximate surface area is 164 Å². The van der Waals surface area contributed by atoms with E-state index in [-0.39, 0.29) is 15.7 Å². The fraction of sp³-hybridized carbons (Fsp3) is 0.105. The second-order valence-corrected chi connectivity index (χ2v) is 9.05. The van der Waals surface area contributed by atoms with Crippen molar-refractivity contribution in [2.45, 2.75) is 16.6 Å². The number of hydrogen-bond donors (Lipinski definition) is 3. The molecule has 0 saturated carbocycles. The quantitative estimate of drug-likeness (QED) is 0.532. The molecule has 1 aromatic heterocycles. The van der Waals surface area contributed by atoms with Crippen LogP contribution in [0.1, 0.15) is 22.5 Å². The molecule has 1 heterocycles. The van der Waals surface area contributed by atoms with Gasteiger partial charge in [-0.1, -0.05) is 6.08 Å². The first-order valence-electron chi connectivity index (χ1n) is 8.38. The predicted molar refractivity (Wildman–Crippen MR) is 107 cm³/mol. The van der Waals surface area contributed by atoms with E-state index in [1.807, 2.05) is 6.08 Å². The Balaban J connectivity index is 1.89. The van der Waals surface area contributed by atoms with Crippen LogP contribution in [0.5, 0.6) is 0 Å². The Morgan fingerprint density at radius 2 is 1.89 bits per heavy atom. The summed E-state index contributed by atoms with van der Waals surface area (Å²) in [6.07, 6.45) is 2.51. The van der Waals surface area contributed by atoms with Crippen molar-refractivity contribution in [3.05, 3.63) is 52.0 Å². The molecule has 9 heteroatoms. The number of sulfonamides is 1. The van der Waals surface area contributed by atoms with Crippen LogP contribution in [0.2, 0.25) is 0 Å². The highest BCUT2D eigenvalue weighted by Gasteiger charge is 2.29. The summed E-state index contributed by atoms with van der Waals surface area (Å²) < 4.78 is 23.9. The first kappa shape index (κ1) is 17.4. The zero-order valence-corrected chi connectivity index (χ0v) is 16.0. The van der Waals surface area contributed by atoms with Gasteiger partial charge in [0.25, 0.3) is 0 Å². The van der Waals surface area contributed by atoms with Crippen LogP contribution in [-0.2, 0) is 10.0 Å². The second kappa shape index (κ2) is 5.63. The van der Waals surface area contributed by atoms with E-state index < -0.39 is 16.0 Å². The van der Waals surface area contributed by atoms with Gasteiger partial charge in [0.1, 0.15) is 0 Å². The number of fused-ring (bicyclic) bond motifs is 4. The Kier molecular flexibility index (Phi) is 3.49. The molecule has 0 radical (unpaired) electrons. The standard InChI is InChI=1S/C19H13N3O4S2/c20-28(25,26)11-4-9-3-10(27)6-12-16(9)13(7-11)18-17(12)22-15-5-8(19(23)24)1-2-14(15)21-18/h1-5,7,10,27H,6H2,(H,23,24)(H2,20,25,26). The maximum absolute atomic E-state index is 12.0. The van der Waals surface area contributed by atoms with Crippen LogP contribution >= 0.6 is 12.6 Å². The van der Waals surface area contributed by atoms with Crippen molar-refractivity contribution in [2.75, 3.05) is 0 Å². The summed E-state index contributed by atoms with van der Waals surface area (Å²) >= 11 is 4.55. The van der Waals surface area contributed by atoms with E-state index >= 15 is 0 Å². The van der Waals surface area contributed by atoms with Crippen molar-refractivity contribution in [1.82, 2.24) is 9.97 Å². The lowest BCUT2D eigenvalue weighted by atomic mass is 10.00. The molecule has 140 valence electrons. The van der Waals surface area contributed by atoms with Crippen LogP contribution in [0.4, 0.5) is 0 Å². The number of carboxylic acids is 1. The van der Waals surface area contributed by atoms with E-state index in [9.17, 15) is 18.3 Å². The highest BCUT2D eigenvalue weighted by molar-refractivity contribution is 7.89. The SMILES string of the molecule is NS(=O)(=O)c1cc2c3c(c1)=CC(S)CC=3c1nc3cc(C(=O)O)ccc3nc1-2. The molecule has 2 aliphatic carbocycles. The minimum Gasteiger partial charge on any atom is -0.478 e. The monoisotopic (exact) mass is 411 g/mol. The zero-order valence-electron chi connectivity index (χ0n) is 14.2. The molecule has 0 amide bonds. The van der Waals surface area contributed by atoms with Crippen molar-refractivity contribution < 1.29 is 18.3 Å². The van der Waals surface area contributed by atoms with Crippen molar-refractivity contribution >= 4 is 51.3 Å². The van der Waals surface area contributed by atoms with E-state index in [0.717, 1.165) is 16.0 Å². The topological polar surface area (TPSA) is 123 Å². The number of thiol groups is 1. The molecule has 0 bridgehead atoms. The first-order chi connectivity index (χ1) is 13.2. The molecule has 1 atom stereocenters. The van der Waals surface area contributed by atoms with Gasteiger partial charge in [-0.3, -0.25) is 0 Å². The summed E-state index contributed by atoms with van der Waals surface area (Å²) in [5.41, 5.74) is 3.93. The molecular weight excluding hydrogens is 398 g/mol. The highest BCUT2D eigenvalue weighted by atomic mass is 32.2. The van der Waals surface area contributed by atoms with Gasteiger partial charge in [0.15, 0.2) is 0 Å². The summed E-state index contributed by atoms with van der Waals surface area (Å²) in [6, 6.07) is 7.62. The molecule has 2 aromatic carbocycles. The molecule has 2 aliphatic rings. The molecule has 7 nitrogen and oxygen atoms in total. The number of aromatic carboxylic acids is 1. The minimum absolute atomic E-state index is 0.00950.